The Hall–Kier alpha value is -2.54. The summed E-state index contributed by atoms with van der Waals surface area (Å²) in [6.45, 7) is 8.66. The molecule has 0 spiro atoms. The second-order valence-corrected chi connectivity index (χ2v) is 6.68. The average Bonchev–Trinajstić information content (AvgIpc) is 2.94. The van der Waals surface area contributed by atoms with Gasteiger partial charge in [-0.3, -0.25) is 14.2 Å². The molecule has 24 heavy (non-hydrogen) atoms. The Morgan fingerprint density at radius 2 is 2.21 bits per heavy atom. The molecule has 0 N–H and O–H groups in total. The molecule has 0 aliphatic rings. The fourth-order valence-corrected chi connectivity index (χ4v) is 3.61. The molecule has 0 aromatic carbocycles. The van der Waals surface area contributed by atoms with Gasteiger partial charge in [0.1, 0.15) is 16.1 Å². The quantitative estimate of drug-likeness (QED) is 0.668. The minimum absolute atomic E-state index is 0.0232. The number of likely N-dealkylation sites (N-methyl/N-ethyl adjacent to an activating group) is 1. The first-order valence-corrected chi connectivity index (χ1v) is 8.47. The number of hydrogen-bond donors (Lipinski definition) is 0. The lowest BCUT2D eigenvalue weighted by atomic mass is 10.3. The molecular formula is C17H18N4O2S. The van der Waals surface area contributed by atoms with Gasteiger partial charge in [-0.05, 0) is 26.0 Å². The number of rotatable bonds is 5. The van der Waals surface area contributed by atoms with Crippen LogP contribution in [0.1, 0.15) is 13.8 Å². The molecule has 1 amide bonds. The Balaban J connectivity index is 1.97. The highest BCUT2D eigenvalue weighted by atomic mass is 32.1. The topological polar surface area (TPSA) is 68.1 Å². The number of aromatic nitrogens is 3. The van der Waals surface area contributed by atoms with E-state index >= 15 is 0 Å². The zero-order valence-corrected chi connectivity index (χ0v) is 14.5. The van der Waals surface area contributed by atoms with Crippen LogP contribution in [0.4, 0.5) is 0 Å². The average molecular weight is 342 g/mol. The number of fused-ring (bicyclic) bond motifs is 3. The molecule has 3 aromatic heterocycles. The largest absolute Gasteiger partial charge is 0.337 e. The lowest BCUT2D eigenvalue weighted by Crippen LogP contribution is -2.37. The molecule has 0 saturated carbocycles. The zero-order valence-electron chi connectivity index (χ0n) is 13.7. The van der Waals surface area contributed by atoms with Crippen LogP contribution in [0.2, 0.25) is 0 Å². The Kier molecular flexibility index (Phi) is 4.44. The third-order valence-corrected chi connectivity index (χ3v) is 4.81. The van der Waals surface area contributed by atoms with Gasteiger partial charge in [0, 0.05) is 24.7 Å². The standard InChI is InChI=1S/C17H18N4O2S/c1-4-20(8-11(2)3)13(22)9-21-10-19-14-12-6-5-7-18-16(12)24-15(14)17(21)23/h5-7,10H,2,4,8-9H2,1,3H3. The van der Waals surface area contributed by atoms with Gasteiger partial charge in [0.15, 0.2) is 0 Å². The first-order chi connectivity index (χ1) is 11.5. The van der Waals surface area contributed by atoms with Crippen LogP contribution in [-0.2, 0) is 11.3 Å². The van der Waals surface area contributed by atoms with Gasteiger partial charge in [0.25, 0.3) is 5.56 Å². The molecule has 124 valence electrons. The Morgan fingerprint density at radius 1 is 1.42 bits per heavy atom. The van der Waals surface area contributed by atoms with Gasteiger partial charge in [0.2, 0.25) is 5.91 Å². The van der Waals surface area contributed by atoms with Crippen LogP contribution in [0.25, 0.3) is 20.4 Å². The molecule has 0 aliphatic heterocycles. The monoisotopic (exact) mass is 342 g/mol. The van der Waals surface area contributed by atoms with E-state index in [9.17, 15) is 9.59 Å². The molecule has 0 aliphatic carbocycles. The third kappa shape index (κ3) is 2.94. The maximum atomic E-state index is 12.7. The Labute approximate surface area is 143 Å². The van der Waals surface area contributed by atoms with Crippen LogP contribution in [0.3, 0.4) is 0 Å². The fraction of sp³-hybridized carbons (Fsp3) is 0.294. The smallest absolute Gasteiger partial charge is 0.271 e. The normalized spacial score (nSPS) is 11.1. The second kappa shape index (κ2) is 6.52. The second-order valence-electron chi connectivity index (χ2n) is 5.68. The molecule has 0 bridgehead atoms. The van der Waals surface area contributed by atoms with Gasteiger partial charge in [-0.25, -0.2) is 9.97 Å². The molecule has 0 atom stereocenters. The van der Waals surface area contributed by atoms with Gasteiger partial charge in [-0.15, -0.1) is 11.3 Å². The summed E-state index contributed by atoms with van der Waals surface area (Å²) in [6.07, 6.45) is 3.13. The molecule has 7 heteroatoms. The summed E-state index contributed by atoms with van der Waals surface area (Å²) in [6, 6.07) is 3.72. The third-order valence-electron chi connectivity index (χ3n) is 3.72. The minimum Gasteiger partial charge on any atom is -0.337 e. The SMILES string of the molecule is C=C(C)CN(CC)C(=O)Cn1cnc2c(sc3ncccc32)c1=O. The summed E-state index contributed by atoms with van der Waals surface area (Å²) in [5.41, 5.74) is 1.34. The van der Waals surface area contributed by atoms with Crippen LogP contribution in [0.5, 0.6) is 0 Å². The number of carbonyl (C=O) groups is 1. The highest BCUT2D eigenvalue weighted by Crippen LogP contribution is 2.27. The number of carbonyl (C=O) groups excluding carboxylic acids is 1. The van der Waals surface area contributed by atoms with E-state index in [4.69, 9.17) is 0 Å². The lowest BCUT2D eigenvalue weighted by molar-refractivity contribution is -0.131. The Bertz CT molecular complexity index is 989. The minimum atomic E-state index is -0.206. The lowest BCUT2D eigenvalue weighted by Gasteiger charge is -2.21. The molecule has 0 radical (unpaired) electrons. The summed E-state index contributed by atoms with van der Waals surface area (Å²) >= 11 is 1.31. The van der Waals surface area contributed by atoms with E-state index in [1.165, 1.54) is 22.2 Å². The molecule has 6 nitrogen and oxygen atoms in total. The number of amides is 1. The van der Waals surface area contributed by atoms with Gasteiger partial charge in [-0.1, -0.05) is 12.2 Å². The first-order valence-electron chi connectivity index (χ1n) is 7.66. The molecule has 3 heterocycles. The van der Waals surface area contributed by atoms with Crippen molar-refractivity contribution in [2.45, 2.75) is 20.4 Å². The Morgan fingerprint density at radius 3 is 2.92 bits per heavy atom. The van der Waals surface area contributed by atoms with Gasteiger partial charge >= 0.3 is 0 Å². The van der Waals surface area contributed by atoms with Crippen LogP contribution in [0, 0.1) is 0 Å². The van der Waals surface area contributed by atoms with E-state index in [1.54, 1.807) is 11.1 Å². The van der Waals surface area contributed by atoms with Crippen LogP contribution < -0.4 is 5.56 Å². The molecule has 3 rings (SSSR count). The highest BCUT2D eigenvalue weighted by molar-refractivity contribution is 7.25. The predicted octanol–water partition coefficient (Wildman–Crippen LogP) is 2.43. The van der Waals surface area contributed by atoms with Gasteiger partial charge in [-0.2, -0.15) is 0 Å². The van der Waals surface area contributed by atoms with Crippen molar-refractivity contribution in [3.8, 4) is 0 Å². The zero-order chi connectivity index (χ0) is 17.3. The van der Waals surface area contributed by atoms with Crippen molar-refractivity contribution < 1.29 is 4.79 Å². The van der Waals surface area contributed by atoms with Crippen LogP contribution in [-0.4, -0.2) is 38.4 Å². The van der Waals surface area contributed by atoms with E-state index in [1.807, 2.05) is 26.0 Å². The van der Waals surface area contributed by atoms with Crippen LogP contribution in [0.15, 0.2) is 41.6 Å². The van der Waals surface area contributed by atoms with Crippen LogP contribution >= 0.6 is 11.3 Å². The van der Waals surface area contributed by atoms with Crippen molar-refractivity contribution in [2.24, 2.45) is 0 Å². The van der Waals surface area contributed by atoms with Crippen molar-refractivity contribution in [1.29, 1.82) is 0 Å². The maximum absolute atomic E-state index is 12.7. The summed E-state index contributed by atoms with van der Waals surface area (Å²) < 4.78 is 1.89. The van der Waals surface area contributed by atoms with Crippen molar-refractivity contribution in [2.75, 3.05) is 13.1 Å². The fourth-order valence-electron chi connectivity index (χ4n) is 2.56. The summed E-state index contributed by atoms with van der Waals surface area (Å²) in [5.74, 6) is -0.122. The van der Waals surface area contributed by atoms with Crippen molar-refractivity contribution in [1.82, 2.24) is 19.4 Å². The maximum Gasteiger partial charge on any atom is 0.271 e. The predicted molar refractivity (Wildman–Crippen MR) is 96.2 cm³/mol. The van der Waals surface area contributed by atoms with Gasteiger partial charge in [0.05, 0.1) is 11.8 Å². The number of pyridine rings is 1. The van der Waals surface area contributed by atoms with Crippen molar-refractivity contribution in [3.63, 3.8) is 0 Å². The summed E-state index contributed by atoms with van der Waals surface area (Å²) in [5, 5.41) is 0.866. The van der Waals surface area contributed by atoms with Crippen molar-refractivity contribution >= 4 is 37.7 Å². The van der Waals surface area contributed by atoms with E-state index < -0.39 is 0 Å². The number of nitrogens with zero attached hydrogens (tertiary/aromatic N) is 4. The molecule has 0 fully saturated rings. The highest BCUT2D eigenvalue weighted by Gasteiger charge is 2.16. The van der Waals surface area contributed by atoms with E-state index in [0.717, 1.165) is 15.8 Å². The van der Waals surface area contributed by atoms with E-state index in [2.05, 4.69) is 16.5 Å². The van der Waals surface area contributed by atoms with Crippen molar-refractivity contribution in [3.05, 3.63) is 47.2 Å². The van der Waals surface area contributed by atoms with E-state index in [-0.39, 0.29) is 18.0 Å². The molecular weight excluding hydrogens is 324 g/mol. The summed E-state index contributed by atoms with van der Waals surface area (Å²) in [4.78, 5) is 36.2. The molecule has 0 saturated heterocycles. The van der Waals surface area contributed by atoms with Gasteiger partial charge < -0.3 is 4.90 Å². The molecule has 3 aromatic rings. The first kappa shape index (κ1) is 16.3. The summed E-state index contributed by atoms with van der Waals surface area (Å²) in [7, 11) is 0. The van der Waals surface area contributed by atoms with E-state index in [0.29, 0.717) is 23.3 Å². The molecule has 0 unspecified atom stereocenters. The number of hydrogen-bond acceptors (Lipinski definition) is 5. The number of thiophene rings is 1.